The van der Waals surface area contributed by atoms with Crippen LogP contribution in [0.4, 0.5) is 0 Å². The molecule has 0 unspecified atom stereocenters. The first-order valence-electron chi connectivity index (χ1n) is 9.81. The molecule has 7 atom stereocenters. The maximum absolute atomic E-state index is 12.2. The number of ether oxygens (including phenoxy) is 2. The van der Waals surface area contributed by atoms with Crippen LogP contribution in [0.2, 0.25) is 0 Å². The fraction of sp³-hybridized carbons (Fsp3) is 0.619. The SMILES string of the molecule is CC1=CC(=O)C[C@](C)(CO[C@@H]2O[C@H](CO)[C@@H](O)[C@H](O)[C@H]2O)[C@@]1(O)/C=C/C(C)=C\C(=O)O. The largest absolute Gasteiger partial charge is 0.478 e. The van der Waals surface area contributed by atoms with E-state index in [0.29, 0.717) is 11.1 Å². The van der Waals surface area contributed by atoms with Crippen molar-refractivity contribution in [1.29, 1.82) is 0 Å². The Morgan fingerprint density at radius 3 is 2.52 bits per heavy atom. The molecular weight excluding hydrogens is 412 g/mol. The molecule has 0 radical (unpaired) electrons. The summed E-state index contributed by atoms with van der Waals surface area (Å²) in [6.07, 6.45) is -2.41. The number of aliphatic carboxylic acids is 1. The molecule has 0 aromatic heterocycles. The molecule has 1 saturated heterocycles. The molecule has 1 aliphatic heterocycles. The van der Waals surface area contributed by atoms with Gasteiger partial charge in [-0.25, -0.2) is 4.79 Å². The van der Waals surface area contributed by atoms with Gasteiger partial charge in [0.1, 0.15) is 30.0 Å². The number of ketones is 1. The summed E-state index contributed by atoms with van der Waals surface area (Å²) in [6.45, 7) is 3.78. The van der Waals surface area contributed by atoms with Gasteiger partial charge in [-0.1, -0.05) is 13.0 Å². The fourth-order valence-corrected chi connectivity index (χ4v) is 3.86. The molecule has 0 bridgehead atoms. The Morgan fingerprint density at radius 1 is 1.29 bits per heavy atom. The van der Waals surface area contributed by atoms with Crippen molar-refractivity contribution >= 4 is 11.8 Å². The highest BCUT2D eigenvalue weighted by Crippen LogP contribution is 2.45. The average molecular weight is 442 g/mol. The van der Waals surface area contributed by atoms with Gasteiger partial charge >= 0.3 is 5.97 Å². The van der Waals surface area contributed by atoms with Crippen molar-refractivity contribution in [2.24, 2.45) is 5.41 Å². The number of carbonyl (C=O) groups is 2. The van der Waals surface area contributed by atoms with Gasteiger partial charge in [-0.05, 0) is 37.1 Å². The Labute approximate surface area is 179 Å². The lowest BCUT2D eigenvalue weighted by Crippen LogP contribution is -2.60. The van der Waals surface area contributed by atoms with Crippen molar-refractivity contribution in [2.45, 2.75) is 63.5 Å². The van der Waals surface area contributed by atoms with E-state index in [9.17, 15) is 35.1 Å². The summed E-state index contributed by atoms with van der Waals surface area (Å²) in [5, 5.41) is 59.6. The molecular formula is C21H30O10. The number of hydrogen-bond donors (Lipinski definition) is 6. The Morgan fingerprint density at radius 2 is 1.94 bits per heavy atom. The Balaban J connectivity index is 2.29. The lowest BCUT2D eigenvalue weighted by molar-refractivity contribution is -0.308. The predicted molar refractivity (Wildman–Crippen MR) is 107 cm³/mol. The van der Waals surface area contributed by atoms with Gasteiger partial charge in [0.2, 0.25) is 0 Å². The Bertz CT molecular complexity index is 785. The number of carbonyl (C=O) groups excluding carboxylic acids is 1. The maximum atomic E-state index is 12.2. The lowest BCUT2D eigenvalue weighted by Gasteiger charge is -2.47. The molecule has 10 heteroatoms. The third kappa shape index (κ3) is 5.29. The van der Waals surface area contributed by atoms with Crippen LogP contribution in [-0.4, -0.2) is 91.9 Å². The van der Waals surface area contributed by atoms with Crippen molar-refractivity contribution in [1.82, 2.24) is 0 Å². The van der Waals surface area contributed by atoms with Crippen LogP contribution in [0.25, 0.3) is 0 Å². The molecule has 0 amide bonds. The monoisotopic (exact) mass is 442 g/mol. The summed E-state index contributed by atoms with van der Waals surface area (Å²) in [5.41, 5.74) is -2.24. The van der Waals surface area contributed by atoms with Crippen molar-refractivity contribution < 1.29 is 49.7 Å². The number of aliphatic hydroxyl groups excluding tert-OH is 4. The minimum atomic E-state index is -1.69. The summed E-state index contributed by atoms with van der Waals surface area (Å²) in [6, 6.07) is 0. The highest BCUT2D eigenvalue weighted by Gasteiger charge is 2.52. The summed E-state index contributed by atoms with van der Waals surface area (Å²) in [7, 11) is 0. The highest BCUT2D eigenvalue weighted by atomic mass is 16.7. The van der Waals surface area contributed by atoms with Crippen LogP contribution >= 0.6 is 0 Å². The van der Waals surface area contributed by atoms with Crippen LogP contribution in [0.5, 0.6) is 0 Å². The van der Waals surface area contributed by atoms with Gasteiger partial charge in [-0.3, -0.25) is 4.79 Å². The van der Waals surface area contributed by atoms with E-state index in [2.05, 4.69) is 0 Å². The molecule has 1 fully saturated rings. The van der Waals surface area contributed by atoms with Gasteiger partial charge in [0.05, 0.1) is 13.2 Å². The van der Waals surface area contributed by atoms with Gasteiger partial charge < -0.3 is 40.1 Å². The molecule has 31 heavy (non-hydrogen) atoms. The summed E-state index contributed by atoms with van der Waals surface area (Å²) in [4.78, 5) is 23.1. The van der Waals surface area contributed by atoms with Gasteiger partial charge in [-0.2, -0.15) is 0 Å². The van der Waals surface area contributed by atoms with Gasteiger partial charge in [0.25, 0.3) is 0 Å². The number of rotatable bonds is 7. The standard InChI is InChI=1S/C21H30O10/c1-11(6-15(24)25)4-5-21(29)12(2)7-13(23)8-20(21,3)10-30-19-18(28)17(27)16(26)14(9-22)31-19/h4-7,14,16-19,22,26-29H,8-10H2,1-3H3,(H,24,25)/b5-4+,11-6-/t14-,16-,17+,18-,19-,20-,21-/m1/s1. The zero-order valence-electron chi connectivity index (χ0n) is 17.6. The molecule has 6 N–H and O–H groups in total. The molecule has 2 rings (SSSR count). The Hall–Kier alpha value is -1.92. The fourth-order valence-electron chi connectivity index (χ4n) is 3.86. The molecule has 0 saturated carbocycles. The first kappa shape index (κ1) is 25.3. The molecule has 10 nitrogen and oxygen atoms in total. The predicted octanol–water partition coefficient (Wildman–Crippen LogP) is -0.953. The van der Waals surface area contributed by atoms with E-state index >= 15 is 0 Å². The molecule has 0 aromatic rings. The smallest absolute Gasteiger partial charge is 0.328 e. The topological polar surface area (TPSA) is 174 Å². The van der Waals surface area contributed by atoms with Crippen LogP contribution in [-0.2, 0) is 19.1 Å². The normalized spacial score (nSPS) is 39.6. The van der Waals surface area contributed by atoms with Crippen LogP contribution in [0.1, 0.15) is 27.2 Å². The van der Waals surface area contributed by atoms with E-state index in [1.165, 1.54) is 18.2 Å². The van der Waals surface area contributed by atoms with Gasteiger partial charge in [0, 0.05) is 17.9 Å². The van der Waals surface area contributed by atoms with E-state index in [4.69, 9.17) is 14.6 Å². The second-order valence-corrected chi connectivity index (χ2v) is 8.37. The minimum absolute atomic E-state index is 0.121. The molecule has 2 aliphatic rings. The molecule has 1 heterocycles. The van der Waals surface area contributed by atoms with Gasteiger partial charge in [-0.15, -0.1) is 0 Å². The first-order chi connectivity index (χ1) is 14.3. The number of carboxylic acids is 1. The highest BCUT2D eigenvalue weighted by molar-refractivity contribution is 5.93. The maximum Gasteiger partial charge on any atom is 0.328 e. The lowest BCUT2D eigenvalue weighted by atomic mass is 9.63. The molecule has 174 valence electrons. The summed E-state index contributed by atoms with van der Waals surface area (Å²) >= 11 is 0. The van der Waals surface area contributed by atoms with Gasteiger partial charge in [0.15, 0.2) is 12.1 Å². The van der Waals surface area contributed by atoms with E-state index in [-0.39, 0.29) is 18.8 Å². The number of aliphatic hydroxyl groups is 5. The second-order valence-electron chi connectivity index (χ2n) is 8.37. The van der Waals surface area contributed by atoms with Crippen molar-refractivity contribution in [3.63, 3.8) is 0 Å². The summed E-state index contributed by atoms with van der Waals surface area (Å²) in [5.74, 6) is -1.40. The van der Waals surface area contributed by atoms with Crippen LogP contribution < -0.4 is 0 Å². The second kappa shape index (κ2) is 9.70. The van der Waals surface area contributed by atoms with Crippen LogP contribution in [0.15, 0.2) is 35.5 Å². The van der Waals surface area contributed by atoms with E-state index in [1.807, 2.05) is 0 Å². The van der Waals surface area contributed by atoms with E-state index < -0.39 is 54.3 Å². The molecule has 0 spiro atoms. The quantitative estimate of drug-likeness (QED) is 0.213. The zero-order valence-corrected chi connectivity index (χ0v) is 17.6. The third-order valence-electron chi connectivity index (χ3n) is 5.82. The minimum Gasteiger partial charge on any atom is -0.478 e. The van der Waals surface area contributed by atoms with Crippen LogP contribution in [0.3, 0.4) is 0 Å². The van der Waals surface area contributed by atoms with Crippen molar-refractivity contribution in [2.75, 3.05) is 13.2 Å². The third-order valence-corrected chi connectivity index (χ3v) is 5.82. The van der Waals surface area contributed by atoms with E-state index in [1.54, 1.807) is 20.8 Å². The van der Waals surface area contributed by atoms with Crippen LogP contribution in [0, 0.1) is 5.41 Å². The Kier molecular flexibility index (Phi) is 7.93. The summed E-state index contributed by atoms with van der Waals surface area (Å²) < 4.78 is 10.9. The molecule has 1 aliphatic carbocycles. The average Bonchev–Trinajstić information content (AvgIpc) is 2.68. The number of allylic oxidation sites excluding steroid dienone is 3. The zero-order chi connectivity index (χ0) is 23.6. The van der Waals surface area contributed by atoms with Crippen molar-refractivity contribution in [3.05, 3.63) is 35.5 Å². The van der Waals surface area contributed by atoms with E-state index in [0.717, 1.165) is 6.08 Å². The molecule has 0 aromatic carbocycles. The van der Waals surface area contributed by atoms with Crippen molar-refractivity contribution in [3.8, 4) is 0 Å². The number of hydrogen-bond acceptors (Lipinski definition) is 9. The first-order valence-corrected chi connectivity index (χ1v) is 9.81. The number of carboxylic acid groups (broad SMARTS) is 1.